The molecule has 13 heteroatoms. The fourth-order valence-corrected chi connectivity index (χ4v) is 4.52. The molecule has 0 amide bonds. The van der Waals surface area contributed by atoms with Gasteiger partial charge in [0.25, 0.3) is 0 Å². The van der Waals surface area contributed by atoms with Crippen LogP contribution in [-0.2, 0) is 17.5 Å². The second-order valence-corrected chi connectivity index (χ2v) is 9.90. The van der Waals surface area contributed by atoms with Gasteiger partial charge in [-0.1, -0.05) is 24.3 Å². The molecule has 0 spiro atoms. The summed E-state index contributed by atoms with van der Waals surface area (Å²) in [5, 5.41) is 0. The van der Waals surface area contributed by atoms with Gasteiger partial charge in [0.2, 0.25) is 11.8 Å². The number of hydrogen-bond donors (Lipinski definition) is 0. The normalized spacial score (nSPS) is 15.0. The zero-order valence-electron chi connectivity index (χ0n) is 22.2. The van der Waals surface area contributed by atoms with Gasteiger partial charge in [0.1, 0.15) is 24.3 Å². The van der Waals surface area contributed by atoms with Crippen LogP contribution in [0.4, 0.5) is 13.2 Å². The predicted octanol–water partition coefficient (Wildman–Crippen LogP) is 5.40. The van der Waals surface area contributed by atoms with Crippen LogP contribution in [0.1, 0.15) is 65.1 Å². The number of benzene rings is 1. The second kappa shape index (κ2) is 10.5. The number of alkyl halides is 3. The van der Waals surface area contributed by atoms with Gasteiger partial charge in [-0.2, -0.15) is 18.2 Å². The molecule has 3 heterocycles. The van der Waals surface area contributed by atoms with Crippen molar-refractivity contribution in [2.24, 2.45) is 0 Å². The molecule has 0 N–H and O–H groups in total. The van der Waals surface area contributed by atoms with Gasteiger partial charge in [-0.15, -0.1) is 0 Å². The van der Waals surface area contributed by atoms with Gasteiger partial charge < -0.3 is 18.8 Å². The Labute approximate surface area is 232 Å². The zero-order valence-corrected chi connectivity index (χ0v) is 22.2. The lowest BCUT2D eigenvalue weighted by Gasteiger charge is -2.13. The minimum absolute atomic E-state index is 0.0112. The highest BCUT2D eigenvalue weighted by Crippen LogP contribution is 2.45. The smallest absolute Gasteiger partial charge is 0.434 e. The lowest BCUT2D eigenvalue weighted by Crippen LogP contribution is -2.10. The molecule has 2 fully saturated rings. The maximum atomic E-state index is 13.3. The molecule has 0 unspecified atom stereocenters. The fraction of sp³-hybridized carbons (Fsp3) is 0.357. The molecule has 2 aliphatic carbocycles. The van der Waals surface area contributed by atoms with Gasteiger partial charge in [0, 0.05) is 29.8 Å². The second-order valence-electron chi connectivity index (χ2n) is 9.90. The van der Waals surface area contributed by atoms with E-state index in [1.54, 1.807) is 28.8 Å². The molecule has 10 nitrogen and oxygen atoms in total. The van der Waals surface area contributed by atoms with E-state index in [2.05, 4.69) is 24.9 Å². The molecule has 0 saturated heterocycles. The van der Waals surface area contributed by atoms with Crippen LogP contribution in [0.15, 0.2) is 42.9 Å². The van der Waals surface area contributed by atoms with E-state index in [0.717, 1.165) is 43.1 Å². The third-order valence-electron chi connectivity index (χ3n) is 6.88. The molecule has 6 rings (SSSR count). The Hall–Kier alpha value is -4.55. The fourth-order valence-electron chi connectivity index (χ4n) is 4.52. The quantitative estimate of drug-likeness (QED) is 0.246. The first-order valence-corrected chi connectivity index (χ1v) is 13.0. The van der Waals surface area contributed by atoms with E-state index in [0.29, 0.717) is 11.1 Å². The van der Waals surface area contributed by atoms with Crippen molar-refractivity contribution < 1.29 is 32.2 Å². The highest BCUT2D eigenvalue weighted by atomic mass is 19.4. The number of aromatic nitrogens is 6. The highest BCUT2D eigenvalue weighted by Gasteiger charge is 2.37. The summed E-state index contributed by atoms with van der Waals surface area (Å²) in [7, 11) is 2.73. The Morgan fingerprint density at radius 1 is 1.02 bits per heavy atom. The Kier molecular flexibility index (Phi) is 6.80. The summed E-state index contributed by atoms with van der Waals surface area (Å²) in [6.07, 6.45) is 1.55. The summed E-state index contributed by atoms with van der Waals surface area (Å²) in [5.41, 5.74) is 1.60. The average molecular weight is 567 g/mol. The largest absolute Gasteiger partial charge is 0.480 e. The predicted molar refractivity (Wildman–Crippen MR) is 138 cm³/mol. The molecule has 4 aromatic rings. The number of hydrogen-bond acceptors (Lipinski definition) is 9. The average Bonchev–Trinajstić information content (AvgIpc) is 3.93. The minimum atomic E-state index is -4.52. The van der Waals surface area contributed by atoms with Crippen LogP contribution < -0.4 is 9.47 Å². The van der Waals surface area contributed by atoms with Gasteiger partial charge in [-0.05, 0) is 31.2 Å². The molecule has 2 aliphatic rings. The van der Waals surface area contributed by atoms with Gasteiger partial charge in [-0.25, -0.2) is 24.7 Å². The van der Waals surface area contributed by atoms with Crippen molar-refractivity contribution in [3.8, 4) is 34.5 Å². The highest BCUT2D eigenvalue weighted by molar-refractivity contribution is 5.88. The Balaban J connectivity index is 1.27. The van der Waals surface area contributed by atoms with Gasteiger partial charge in [0.05, 0.1) is 19.9 Å². The molecule has 41 heavy (non-hydrogen) atoms. The molecule has 2 saturated carbocycles. The Morgan fingerprint density at radius 2 is 1.78 bits per heavy atom. The van der Waals surface area contributed by atoms with Crippen molar-refractivity contribution in [1.82, 2.24) is 29.5 Å². The van der Waals surface area contributed by atoms with E-state index in [1.165, 1.54) is 26.6 Å². The number of carbonyl (C=O) groups is 1. The molecule has 0 aliphatic heterocycles. The van der Waals surface area contributed by atoms with Crippen LogP contribution in [0, 0.1) is 0 Å². The van der Waals surface area contributed by atoms with E-state index in [4.69, 9.17) is 14.2 Å². The van der Waals surface area contributed by atoms with Gasteiger partial charge >= 0.3 is 12.1 Å². The molecule has 0 radical (unpaired) electrons. The van der Waals surface area contributed by atoms with Crippen molar-refractivity contribution in [3.63, 3.8) is 0 Å². The Morgan fingerprint density at radius 3 is 2.41 bits per heavy atom. The first-order valence-electron chi connectivity index (χ1n) is 13.0. The monoisotopic (exact) mass is 566 g/mol. The third kappa shape index (κ3) is 5.56. The first kappa shape index (κ1) is 26.7. The van der Waals surface area contributed by atoms with Crippen LogP contribution in [0.5, 0.6) is 11.8 Å². The number of imidazole rings is 1. The van der Waals surface area contributed by atoms with Crippen LogP contribution in [0.2, 0.25) is 0 Å². The number of carbonyl (C=O) groups excluding carboxylic acids is 1. The maximum absolute atomic E-state index is 13.3. The van der Waals surface area contributed by atoms with E-state index < -0.39 is 17.8 Å². The SMILES string of the molecule is COC(=O)c1cc(OCc2ccc(-c3nc(C(F)(F)F)cn3C3CC3)cc2)nc(-c2c(OC)ncnc2C2CC2)n1. The van der Waals surface area contributed by atoms with Gasteiger partial charge in [-0.3, -0.25) is 0 Å². The first-order chi connectivity index (χ1) is 19.7. The van der Waals surface area contributed by atoms with Crippen LogP contribution in [0.25, 0.3) is 22.8 Å². The number of rotatable bonds is 9. The molecule has 3 aromatic heterocycles. The lowest BCUT2D eigenvalue weighted by atomic mass is 10.1. The summed E-state index contributed by atoms with van der Waals surface area (Å²) >= 11 is 0. The standard InChI is InChI=1S/C28H25F3N6O4/c1-39-26-22(23(16-7-8-16)32-14-33-26)24-34-19(27(38)40-2)11-21(36-24)41-13-15-3-5-17(6-4-15)25-35-20(28(29,30)31)12-37(25)18-9-10-18/h3-6,11-12,14,16,18H,7-10,13H2,1-2H3. The van der Waals surface area contributed by atoms with Crippen molar-refractivity contribution in [2.75, 3.05) is 14.2 Å². The van der Waals surface area contributed by atoms with E-state index >= 15 is 0 Å². The molecule has 0 bridgehead atoms. The maximum Gasteiger partial charge on any atom is 0.434 e. The number of nitrogens with zero attached hydrogens (tertiary/aromatic N) is 6. The summed E-state index contributed by atoms with van der Waals surface area (Å²) in [4.78, 5) is 33.8. The summed E-state index contributed by atoms with van der Waals surface area (Å²) in [5.74, 6) is 0.398. The van der Waals surface area contributed by atoms with E-state index in [9.17, 15) is 18.0 Å². The zero-order chi connectivity index (χ0) is 28.7. The van der Waals surface area contributed by atoms with Crippen LogP contribution in [0.3, 0.4) is 0 Å². The Bertz CT molecular complexity index is 1600. The molecule has 0 atom stereocenters. The van der Waals surface area contributed by atoms with Gasteiger partial charge in [0.15, 0.2) is 17.2 Å². The van der Waals surface area contributed by atoms with Crippen LogP contribution in [-0.4, -0.2) is 49.7 Å². The summed E-state index contributed by atoms with van der Waals surface area (Å²) in [6.45, 7) is 0.0696. The van der Waals surface area contributed by atoms with Crippen molar-refractivity contribution >= 4 is 5.97 Å². The number of methoxy groups -OCH3 is 2. The van der Waals surface area contributed by atoms with E-state index in [1.807, 2.05) is 0 Å². The van der Waals surface area contributed by atoms with Crippen LogP contribution >= 0.6 is 0 Å². The third-order valence-corrected chi connectivity index (χ3v) is 6.88. The molecular weight excluding hydrogens is 541 g/mol. The lowest BCUT2D eigenvalue weighted by molar-refractivity contribution is -0.140. The van der Waals surface area contributed by atoms with Crippen molar-refractivity contribution in [2.45, 2.75) is 50.4 Å². The van der Waals surface area contributed by atoms with E-state index in [-0.39, 0.29) is 47.7 Å². The van der Waals surface area contributed by atoms with Crippen molar-refractivity contribution in [1.29, 1.82) is 0 Å². The molecule has 1 aromatic carbocycles. The summed E-state index contributed by atoms with van der Waals surface area (Å²) in [6, 6.07) is 8.32. The number of halogens is 3. The van der Waals surface area contributed by atoms with Crippen molar-refractivity contribution in [3.05, 3.63) is 65.5 Å². The number of ether oxygens (including phenoxy) is 3. The summed E-state index contributed by atoms with van der Waals surface area (Å²) < 4.78 is 57.8. The molecule has 212 valence electrons. The number of esters is 1. The minimum Gasteiger partial charge on any atom is -0.480 e. The topological polar surface area (TPSA) is 114 Å². The molecular formula is C28H25F3N6O4.